The molecule has 1 amide bonds. The summed E-state index contributed by atoms with van der Waals surface area (Å²) in [5.74, 6) is -0.591. The molecule has 1 aromatic carbocycles. The average Bonchev–Trinajstić information content (AvgIpc) is 2.27. The topological polar surface area (TPSA) is 75.3 Å². The van der Waals surface area contributed by atoms with E-state index < -0.39 is 15.9 Å². The Hall–Kier alpha value is -1.56. The summed E-state index contributed by atoms with van der Waals surface area (Å²) in [4.78, 5) is 11.4. The summed E-state index contributed by atoms with van der Waals surface area (Å²) < 4.78 is 24.6. The van der Waals surface area contributed by atoms with Crippen molar-refractivity contribution in [3.63, 3.8) is 0 Å². The first-order valence-electron chi connectivity index (χ1n) is 5.36. The van der Waals surface area contributed by atoms with Gasteiger partial charge in [-0.15, -0.1) is 0 Å². The Morgan fingerprint density at radius 1 is 1.24 bits per heavy atom. The molecule has 0 aliphatic carbocycles. The van der Waals surface area contributed by atoms with Gasteiger partial charge in [-0.25, -0.2) is 8.42 Å². The number of amides is 1. The number of rotatable bonds is 6. The number of carbonyl (C=O) groups excluding carboxylic acids is 1. The van der Waals surface area contributed by atoms with Crippen LogP contribution in [0.25, 0.3) is 0 Å². The summed E-state index contributed by atoms with van der Waals surface area (Å²) in [6, 6.07) is 9.11. The summed E-state index contributed by atoms with van der Waals surface area (Å²) in [5.41, 5.74) is 0.774. The van der Waals surface area contributed by atoms with Crippen LogP contribution in [0.1, 0.15) is 13.3 Å². The molecule has 0 fully saturated rings. The largest absolute Gasteiger partial charge is 0.376 e. The zero-order valence-electron chi connectivity index (χ0n) is 9.64. The number of hydrogen-bond donors (Lipinski definition) is 2. The highest BCUT2D eigenvalue weighted by Crippen LogP contribution is 2.03. The van der Waals surface area contributed by atoms with Gasteiger partial charge in [0.2, 0.25) is 10.0 Å². The Bertz CT molecular complexity index is 457. The lowest BCUT2D eigenvalue weighted by Crippen LogP contribution is -2.36. The molecule has 0 atom stereocenters. The smallest absolute Gasteiger partial charge is 0.252 e. The Balaban J connectivity index is 2.41. The molecule has 6 heteroatoms. The third kappa shape index (κ3) is 5.35. The van der Waals surface area contributed by atoms with Crippen molar-refractivity contribution in [3.8, 4) is 0 Å². The van der Waals surface area contributed by atoms with Crippen LogP contribution < -0.4 is 10.0 Å². The molecule has 2 N–H and O–H groups in total. The number of sulfonamides is 1. The number of carbonyl (C=O) groups is 1. The van der Waals surface area contributed by atoms with E-state index in [9.17, 15) is 13.2 Å². The number of nitrogens with one attached hydrogen (secondary N) is 2. The molecular weight excluding hydrogens is 240 g/mol. The van der Waals surface area contributed by atoms with Gasteiger partial charge in [-0.3, -0.25) is 9.52 Å². The normalized spacial score (nSPS) is 10.9. The minimum absolute atomic E-state index is 0.0376. The van der Waals surface area contributed by atoms with E-state index in [1.54, 1.807) is 19.1 Å². The van der Waals surface area contributed by atoms with E-state index >= 15 is 0 Å². The summed E-state index contributed by atoms with van der Waals surface area (Å²) >= 11 is 0. The molecule has 0 unspecified atom stereocenters. The molecule has 0 bridgehead atoms. The number of benzene rings is 1. The number of anilines is 1. The van der Waals surface area contributed by atoms with Crippen LogP contribution >= 0.6 is 0 Å². The van der Waals surface area contributed by atoms with Crippen LogP contribution in [0.5, 0.6) is 0 Å². The molecule has 0 aliphatic heterocycles. The van der Waals surface area contributed by atoms with Crippen molar-refractivity contribution in [2.75, 3.05) is 17.6 Å². The van der Waals surface area contributed by atoms with Gasteiger partial charge in [-0.05, 0) is 18.6 Å². The van der Waals surface area contributed by atoms with Gasteiger partial charge in [0, 0.05) is 5.69 Å². The van der Waals surface area contributed by atoms with Crippen LogP contribution in [0.15, 0.2) is 30.3 Å². The minimum atomic E-state index is -3.47. The molecule has 0 radical (unpaired) electrons. The molecule has 94 valence electrons. The third-order valence-electron chi connectivity index (χ3n) is 1.97. The number of para-hydroxylation sites is 1. The third-order valence-corrected chi connectivity index (χ3v) is 3.45. The van der Waals surface area contributed by atoms with E-state index in [4.69, 9.17) is 0 Å². The lowest BCUT2D eigenvalue weighted by atomic mass is 10.3. The summed E-state index contributed by atoms with van der Waals surface area (Å²) in [5, 5.41) is 2.83. The second-order valence-corrected chi connectivity index (χ2v) is 5.41. The van der Waals surface area contributed by atoms with E-state index in [2.05, 4.69) is 5.32 Å². The van der Waals surface area contributed by atoms with Gasteiger partial charge < -0.3 is 5.32 Å². The van der Waals surface area contributed by atoms with Gasteiger partial charge >= 0.3 is 0 Å². The second kappa shape index (κ2) is 6.24. The summed E-state index contributed by atoms with van der Waals surface area (Å²) in [6.45, 7) is 1.68. The Kier molecular flexibility index (Phi) is 4.96. The van der Waals surface area contributed by atoms with Crippen LogP contribution in [0.4, 0.5) is 5.69 Å². The first-order chi connectivity index (χ1) is 8.03. The fourth-order valence-corrected chi connectivity index (χ4v) is 2.33. The van der Waals surface area contributed by atoms with Crippen LogP contribution in [0.2, 0.25) is 0 Å². The van der Waals surface area contributed by atoms with E-state index in [0.717, 1.165) is 5.69 Å². The quantitative estimate of drug-likeness (QED) is 0.794. The van der Waals surface area contributed by atoms with Crippen molar-refractivity contribution in [1.29, 1.82) is 0 Å². The van der Waals surface area contributed by atoms with E-state index in [-0.39, 0.29) is 12.3 Å². The van der Waals surface area contributed by atoms with E-state index in [1.165, 1.54) is 0 Å². The highest BCUT2D eigenvalue weighted by molar-refractivity contribution is 7.90. The maximum Gasteiger partial charge on any atom is 0.252 e. The van der Waals surface area contributed by atoms with Crippen LogP contribution in [0, 0.1) is 0 Å². The van der Waals surface area contributed by atoms with Crippen LogP contribution in [-0.4, -0.2) is 26.6 Å². The fourth-order valence-electron chi connectivity index (χ4n) is 1.27. The van der Waals surface area contributed by atoms with Gasteiger partial charge in [-0.2, -0.15) is 0 Å². The van der Waals surface area contributed by atoms with E-state index in [0.29, 0.717) is 6.42 Å². The van der Waals surface area contributed by atoms with Crippen LogP contribution in [-0.2, 0) is 14.8 Å². The zero-order valence-corrected chi connectivity index (χ0v) is 10.5. The van der Waals surface area contributed by atoms with Crippen molar-refractivity contribution >= 4 is 21.6 Å². The second-order valence-electron chi connectivity index (χ2n) is 3.56. The molecular formula is C11H16N2O3S. The molecule has 0 heterocycles. The molecule has 17 heavy (non-hydrogen) atoms. The fraction of sp³-hybridized carbons (Fsp3) is 0.364. The van der Waals surface area contributed by atoms with Crippen molar-refractivity contribution in [2.45, 2.75) is 13.3 Å². The highest BCUT2D eigenvalue weighted by atomic mass is 32.2. The molecule has 1 aromatic rings. The standard InChI is InChI=1S/C11H16N2O3S/c1-2-8-17(15,16)13-11(14)9-12-10-6-4-3-5-7-10/h3-7,12H,2,8-9H2,1H3,(H,13,14). The molecule has 1 rings (SSSR count). The minimum Gasteiger partial charge on any atom is -0.376 e. The highest BCUT2D eigenvalue weighted by Gasteiger charge is 2.12. The van der Waals surface area contributed by atoms with Gasteiger partial charge in [0.15, 0.2) is 0 Å². The van der Waals surface area contributed by atoms with Crippen molar-refractivity contribution in [2.24, 2.45) is 0 Å². The van der Waals surface area contributed by atoms with Crippen LogP contribution in [0.3, 0.4) is 0 Å². The maximum atomic E-state index is 11.4. The van der Waals surface area contributed by atoms with Gasteiger partial charge in [0.05, 0.1) is 12.3 Å². The SMILES string of the molecule is CCCS(=O)(=O)NC(=O)CNc1ccccc1. The molecule has 5 nitrogen and oxygen atoms in total. The van der Waals surface area contributed by atoms with Gasteiger partial charge in [-0.1, -0.05) is 25.1 Å². The maximum absolute atomic E-state index is 11.4. The van der Waals surface area contributed by atoms with Gasteiger partial charge in [0.1, 0.15) is 0 Å². The lowest BCUT2D eigenvalue weighted by molar-refractivity contribution is -0.117. The number of hydrogen-bond acceptors (Lipinski definition) is 4. The monoisotopic (exact) mass is 256 g/mol. The summed E-state index contributed by atoms with van der Waals surface area (Å²) in [7, 11) is -3.47. The zero-order chi connectivity index (χ0) is 12.7. The van der Waals surface area contributed by atoms with Crippen molar-refractivity contribution in [1.82, 2.24) is 4.72 Å². The predicted molar refractivity (Wildman–Crippen MR) is 67.2 cm³/mol. The molecule has 0 aromatic heterocycles. The van der Waals surface area contributed by atoms with E-state index in [1.807, 2.05) is 22.9 Å². The average molecular weight is 256 g/mol. The Labute approximate surface area is 101 Å². The van der Waals surface area contributed by atoms with Gasteiger partial charge in [0.25, 0.3) is 5.91 Å². The molecule has 0 spiro atoms. The first kappa shape index (κ1) is 13.5. The molecule has 0 aliphatic rings. The molecule has 0 saturated carbocycles. The summed E-state index contributed by atoms with van der Waals surface area (Å²) in [6.07, 6.45) is 0.481. The van der Waals surface area contributed by atoms with Crippen molar-refractivity contribution in [3.05, 3.63) is 30.3 Å². The molecule has 0 saturated heterocycles. The Morgan fingerprint density at radius 3 is 2.47 bits per heavy atom. The van der Waals surface area contributed by atoms with Crippen molar-refractivity contribution < 1.29 is 13.2 Å². The Morgan fingerprint density at radius 2 is 1.88 bits per heavy atom. The predicted octanol–water partition coefficient (Wildman–Crippen LogP) is 0.954. The first-order valence-corrected chi connectivity index (χ1v) is 7.01. The lowest BCUT2D eigenvalue weighted by Gasteiger charge is -2.07.